The summed E-state index contributed by atoms with van der Waals surface area (Å²) in [4.78, 5) is 4.64. The molecule has 2 heteroatoms. The zero-order valence-electron chi connectivity index (χ0n) is 16.7. The first-order valence-corrected chi connectivity index (χ1v) is 9.38. The van der Waals surface area contributed by atoms with Crippen molar-refractivity contribution in [3.63, 3.8) is 0 Å². The summed E-state index contributed by atoms with van der Waals surface area (Å²) >= 11 is 0. The van der Waals surface area contributed by atoms with Crippen molar-refractivity contribution in [2.75, 3.05) is 0 Å². The Morgan fingerprint density at radius 3 is 2.33 bits per heavy atom. The molecule has 2 nitrogen and oxygen atoms in total. The SMILES string of the molecule is Cc1ccc(-c2cccc3c2ccc(-c2cc(C)cc(C)c2C)[n+]3C)nc1. The van der Waals surface area contributed by atoms with Crippen LogP contribution in [0.2, 0.25) is 0 Å². The van der Waals surface area contributed by atoms with E-state index in [0.717, 1.165) is 5.69 Å². The van der Waals surface area contributed by atoms with Crippen molar-refractivity contribution in [2.45, 2.75) is 27.7 Å². The highest BCUT2D eigenvalue weighted by Crippen LogP contribution is 2.30. The highest BCUT2D eigenvalue weighted by molar-refractivity contribution is 5.92. The number of benzene rings is 2. The molecule has 2 aromatic heterocycles. The third-order valence-corrected chi connectivity index (χ3v) is 5.49. The molecule has 0 spiro atoms. The number of aromatic nitrogens is 2. The van der Waals surface area contributed by atoms with E-state index < -0.39 is 0 Å². The second kappa shape index (κ2) is 6.62. The van der Waals surface area contributed by atoms with Crippen LogP contribution in [0.25, 0.3) is 33.4 Å². The summed E-state index contributed by atoms with van der Waals surface area (Å²) < 4.78 is 2.30. The first-order chi connectivity index (χ1) is 13.0. The fourth-order valence-corrected chi connectivity index (χ4v) is 3.85. The minimum absolute atomic E-state index is 1.02. The first kappa shape index (κ1) is 17.4. The minimum Gasteiger partial charge on any atom is -0.256 e. The molecule has 2 aromatic carbocycles. The fourth-order valence-electron chi connectivity index (χ4n) is 3.85. The van der Waals surface area contributed by atoms with Gasteiger partial charge in [0.25, 0.3) is 0 Å². The van der Waals surface area contributed by atoms with Crippen LogP contribution in [0.4, 0.5) is 0 Å². The second-order valence-corrected chi connectivity index (χ2v) is 7.49. The lowest BCUT2D eigenvalue weighted by Gasteiger charge is -2.11. The van der Waals surface area contributed by atoms with Crippen molar-refractivity contribution < 1.29 is 4.57 Å². The van der Waals surface area contributed by atoms with Gasteiger partial charge in [-0.3, -0.25) is 4.98 Å². The van der Waals surface area contributed by atoms with Gasteiger partial charge in [-0.15, -0.1) is 0 Å². The molecule has 0 aliphatic rings. The van der Waals surface area contributed by atoms with Crippen molar-refractivity contribution in [1.29, 1.82) is 0 Å². The zero-order valence-corrected chi connectivity index (χ0v) is 16.7. The highest BCUT2D eigenvalue weighted by Gasteiger charge is 2.19. The molecule has 0 radical (unpaired) electrons. The molecule has 0 aliphatic heterocycles. The van der Waals surface area contributed by atoms with Gasteiger partial charge in [-0.1, -0.05) is 29.8 Å². The summed E-state index contributed by atoms with van der Waals surface area (Å²) in [6, 6.07) is 19.7. The van der Waals surface area contributed by atoms with Gasteiger partial charge in [-0.05, 0) is 62.6 Å². The van der Waals surface area contributed by atoms with E-state index >= 15 is 0 Å². The predicted molar refractivity (Wildman–Crippen MR) is 113 cm³/mol. The van der Waals surface area contributed by atoms with E-state index in [1.54, 1.807) is 0 Å². The van der Waals surface area contributed by atoms with Crippen LogP contribution in [0.1, 0.15) is 22.3 Å². The average molecular weight is 353 g/mol. The molecule has 0 aliphatic carbocycles. The molecule has 0 bridgehead atoms. The van der Waals surface area contributed by atoms with E-state index in [1.807, 2.05) is 6.20 Å². The normalized spacial score (nSPS) is 11.1. The zero-order chi connectivity index (χ0) is 19.1. The Morgan fingerprint density at radius 2 is 1.59 bits per heavy atom. The van der Waals surface area contributed by atoms with Gasteiger partial charge in [-0.25, -0.2) is 0 Å². The minimum atomic E-state index is 1.02. The lowest BCUT2D eigenvalue weighted by Crippen LogP contribution is -2.32. The van der Waals surface area contributed by atoms with Gasteiger partial charge in [0.15, 0.2) is 0 Å². The van der Waals surface area contributed by atoms with Crippen LogP contribution in [0.5, 0.6) is 0 Å². The van der Waals surface area contributed by atoms with Crippen molar-refractivity contribution in [3.8, 4) is 22.5 Å². The Bertz CT molecular complexity index is 1160. The van der Waals surface area contributed by atoms with Crippen molar-refractivity contribution in [2.24, 2.45) is 7.05 Å². The predicted octanol–water partition coefficient (Wildman–Crippen LogP) is 5.63. The monoisotopic (exact) mass is 353 g/mol. The quantitative estimate of drug-likeness (QED) is 0.427. The number of fused-ring (bicyclic) bond motifs is 1. The van der Waals surface area contributed by atoms with Crippen LogP contribution in [-0.2, 0) is 7.05 Å². The molecule has 27 heavy (non-hydrogen) atoms. The van der Waals surface area contributed by atoms with Gasteiger partial charge in [0, 0.05) is 29.5 Å². The summed E-state index contributed by atoms with van der Waals surface area (Å²) in [6.45, 7) is 8.63. The molecule has 0 fully saturated rings. The third-order valence-electron chi connectivity index (χ3n) is 5.49. The smallest absolute Gasteiger partial charge is 0.213 e. The highest BCUT2D eigenvalue weighted by atomic mass is 14.9. The molecule has 0 saturated heterocycles. The van der Waals surface area contributed by atoms with Crippen LogP contribution in [0, 0.1) is 27.7 Å². The molecule has 134 valence electrons. The molecule has 4 rings (SSSR count). The topological polar surface area (TPSA) is 16.8 Å². The Kier molecular flexibility index (Phi) is 4.27. The molecule has 0 amide bonds. The fraction of sp³-hybridized carbons (Fsp3) is 0.200. The number of pyridine rings is 2. The maximum absolute atomic E-state index is 4.64. The Morgan fingerprint density at radius 1 is 0.778 bits per heavy atom. The lowest BCUT2D eigenvalue weighted by molar-refractivity contribution is -0.633. The molecule has 0 saturated carbocycles. The van der Waals surface area contributed by atoms with Gasteiger partial charge >= 0.3 is 0 Å². The van der Waals surface area contributed by atoms with Gasteiger partial charge in [0.05, 0.1) is 11.1 Å². The molecular formula is C25H25N2+. The number of hydrogen-bond donors (Lipinski definition) is 0. The van der Waals surface area contributed by atoms with E-state index in [2.05, 4.69) is 98.9 Å². The Labute approximate surface area is 161 Å². The molecular weight excluding hydrogens is 328 g/mol. The molecule has 4 aromatic rings. The maximum atomic E-state index is 4.64. The van der Waals surface area contributed by atoms with Crippen LogP contribution in [0.15, 0.2) is 60.8 Å². The van der Waals surface area contributed by atoms with Gasteiger partial charge < -0.3 is 0 Å². The average Bonchev–Trinajstić information content (AvgIpc) is 2.66. The summed E-state index contributed by atoms with van der Waals surface area (Å²) in [5.74, 6) is 0. The number of aryl methyl sites for hydroxylation is 4. The number of rotatable bonds is 2. The third kappa shape index (κ3) is 3.02. The van der Waals surface area contributed by atoms with Crippen LogP contribution < -0.4 is 4.57 Å². The molecule has 2 heterocycles. The van der Waals surface area contributed by atoms with Crippen LogP contribution in [-0.4, -0.2) is 4.98 Å². The summed E-state index contributed by atoms with van der Waals surface area (Å²) in [5, 5.41) is 1.22. The largest absolute Gasteiger partial charge is 0.256 e. The van der Waals surface area contributed by atoms with Gasteiger partial charge in [0.2, 0.25) is 11.2 Å². The first-order valence-electron chi connectivity index (χ1n) is 9.38. The Balaban J connectivity index is 1.96. The van der Waals surface area contributed by atoms with E-state index in [9.17, 15) is 0 Å². The van der Waals surface area contributed by atoms with Crippen molar-refractivity contribution >= 4 is 10.9 Å². The van der Waals surface area contributed by atoms with E-state index in [4.69, 9.17) is 0 Å². The second-order valence-electron chi connectivity index (χ2n) is 7.49. The molecule has 0 N–H and O–H groups in total. The van der Waals surface area contributed by atoms with E-state index in [1.165, 1.54) is 50.0 Å². The van der Waals surface area contributed by atoms with Crippen LogP contribution in [0.3, 0.4) is 0 Å². The summed E-state index contributed by atoms with van der Waals surface area (Å²) in [5.41, 5.74) is 11.1. The van der Waals surface area contributed by atoms with Gasteiger partial charge in [-0.2, -0.15) is 4.57 Å². The standard InChI is InChI=1S/C25H25N2/c1-16-9-11-23(26-15-16)20-7-6-8-24-21(20)10-12-25(27(24)5)22-14-17(2)13-18(3)19(22)4/h6-15H,1-5H3/q+1. The maximum Gasteiger partial charge on any atom is 0.213 e. The van der Waals surface area contributed by atoms with Crippen molar-refractivity contribution in [1.82, 2.24) is 4.98 Å². The summed E-state index contributed by atoms with van der Waals surface area (Å²) in [7, 11) is 2.15. The van der Waals surface area contributed by atoms with Crippen molar-refractivity contribution in [3.05, 3.63) is 83.0 Å². The van der Waals surface area contributed by atoms with E-state index in [0.29, 0.717) is 0 Å². The molecule has 0 unspecified atom stereocenters. The number of hydrogen-bond acceptors (Lipinski definition) is 1. The lowest BCUT2D eigenvalue weighted by atomic mass is 9.96. The van der Waals surface area contributed by atoms with E-state index in [-0.39, 0.29) is 0 Å². The Hall–Kier alpha value is -3.00. The van der Waals surface area contributed by atoms with Gasteiger partial charge in [0.1, 0.15) is 7.05 Å². The van der Waals surface area contributed by atoms with Crippen LogP contribution >= 0.6 is 0 Å². The molecule has 0 atom stereocenters. The summed E-state index contributed by atoms with van der Waals surface area (Å²) in [6.07, 6.45) is 1.93. The number of nitrogens with zero attached hydrogens (tertiary/aromatic N) is 2.